The second-order valence-electron chi connectivity index (χ2n) is 6.80. The fourth-order valence-corrected chi connectivity index (χ4v) is 3.06. The van der Waals surface area contributed by atoms with Crippen LogP contribution in [0, 0.1) is 60.7 Å². The van der Waals surface area contributed by atoms with Crippen molar-refractivity contribution in [2.45, 2.75) is 61.9 Å². The number of aliphatic hydroxyl groups excluding tert-OH is 2. The summed E-state index contributed by atoms with van der Waals surface area (Å²) in [5.41, 5.74) is -6.34. The minimum absolute atomic E-state index is 0.919. The van der Waals surface area contributed by atoms with E-state index in [1.165, 1.54) is 0 Å². The number of rotatable bonds is 17. The molecule has 0 aliphatic rings. The lowest BCUT2D eigenvalue weighted by molar-refractivity contribution is -0.805. The molecule has 0 aliphatic heterocycles. The SMILES string of the molecule is O=[N+]([O-])[C@H](CC[C@H](CC(CCO)([N+](=O)[O-])[N+](=O)[O-])[N+](=O)[O-])CC(CCO)([N+](=O)[O-])[N+](=O)[O-]. The van der Waals surface area contributed by atoms with Crippen LogP contribution in [0.5, 0.6) is 0 Å². The summed E-state index contributed by atoms with van der Waals surface area (Å²) in [6, 6.07) is -4.23. The first-order chi connectivity index (χ1) is 14.7. The Morgan fingerprint density at radius 1 is 0.562 bits per heavy atom. The van der Waals surface area contributed by atoms with Crippen LogP contribution in [0.3, 0.4) is 0 Å². The summed E-state index contributed by atoms with van der Waals surface area (Å²) in [5.74, 6) is 0. The summed E-state index contributed by atoms with van der Waals surface area (Å²) in [5, 5.41) is 85.3. The lowest BCUT2D eigenvalue weighted by atomic mass is 9.91. The Morgan fingerprint density at radius 3 is 0.969 bits per heavy atom. The second kappa shape index (κ2) is 11.6. The molecule has 0 heterocycles. The number of nitrogens with zero attached hydrogens (tertiary/aromatic N) is 6. The molecule has 0 saturated carbocycles. The van der Waals surface area contributed by atoms with Crippen LogP contribution < -0.4 is 0 Å². The molecule has 0 rings (SSSR count). The van der Waals surface area contributed by atoms with Crippen molar-refractivity contribution in [1.29, 1.82) is 0 Å². The summed E-state index contributed by atoms with van der Waals surface area (Å²) < 4.78 is 0. The molecule has 182 valence electrons. The van der Waals surface area contributed by atoms with Crippen LogP contribution >= 0.6 is 0 Å². The molecule has 0 amide bonds. The third-order valence-electron chi connectivity index (χ3n) is 4.94. The van der Waals surface area contributed by atoms with Crippen molar-refractivity contribution in [3.8, 4) is 0 Å². The first-order valence-corrected chi connectivity index (χ1v) is 8.78. The van der Waals surface area contributed by atoms with Gasteiger partial charge < -0.3 is 10.2 Å². The zero-order valence-corrected chi connectivity index (χ0v) is 16.3. The quantitative estimate of drug-likeness (QED) is 0.147. The highest BCUT2D eigenvalue weighted by atomic mass is 16.7. The molecule has 0 saturated heterocycles. The normalized spacial score (nSPS) is 13.7. The van der Waals surface area contributed by atoms with Gasteiger partial charge in [0.05, 0.1) is 32.9 Å². The summed E-state index contributed by atoms with van der Waals surface area (Å²) in [4.78, 5) is 59.4. The third kappa shape index (κ3) is 6.41. The molecule has 0 spiro atoms. The molecule has 0 bridgehead atoms. The smallest absolute Gasteiger partial charge is 0.396 e. The van der Waals surface area contributed by atoms with Crippen LogP contribution in [0.4, 0.5) is 0 Å². The van der Waals surface area contributed by atoms with Gasteiger partial charge in [0, 0.05) is 22.7 Å². The third-order valence-corrected chi connectivity index (χ3v) is 4.94. The van der Waals surface area contributed by atoms with Crippen molar-refractivity contribution in [3.05, 3.63) is 60.7 Å². The zero-order chi connectivity index (χ0) is 25.3. The fourth-order valence-electron chi connectivity index (χ4n) is 3.06. The molecule has 0 radical (unpaired) electrons. The van der Waals surface area contributed by atoms with E-state index < -0.39 is 105 Å². The minimum atomic E-state index is -3.17. The Kier molecular flexibility index (Phi) is 10.3. The van der Waals surface area contributed by atoms with Gasteiger partial charge in [-0.25, -0.2) is 0 Å². The zero-order valence-electron chi connectivity index (χ0n) is 16.3. The molecule has 32 heavy (non-hydrogen) atoms. The first-order valence-electron chi connectivity index (χ1n) is 8.78. The molecule has 2 N–H and O–H groups in total. The monoisotopic (exact) mass is 472 g/mol. The molecular weight excluding hydrogens is 452 g/mol. The Bertz CT molecular complexity index is 668. The van der Waals surface area contributed by atoms with Crippen LogP contribution in [0.25, 0.3) is 0 Å². The van der Waals surface area contributed by atoms with Gasteiger partial charge in [-0.15, -0.1) is 0 Å². The van der Waals surface area contributed by atoms with Gasteiger partial charge >= 0.3 is 11.3 Å². The Morgan fingerprint density at radius 2 is 0.812 bits per heavy atom. The molecule has 20 nitrogen and oxygen atoms in total. The van der Waals surface area contributed by atoms with E-state index in [1.54, 1.807) is 0 Å². The van der Waals surface area contributed by atoms with Crippen molar-refractivity contribution in [1.82, 2.24) is 0 Å². The topological polar surface area (TPSA) is 299 Å². The van der Waals surface area contributed by atoms with Crippen molar-refractivity contribution in [3.63, 3.8) is 0 Å². The largest absolute Gasteiger partial charge is 0.467 e. The molecular formula is C12H20N6O14. The van der Waals surface area contributed by atoms with Crippen molar-refractivity contribution in [2.24, 2.45) is 0 Å². The van der Waals surface area contributed by atoms with Crippen LogP contribution in [0.15, 0.2) is 0 Å². The lowest BCUT2D eigenvalue weighted by Gasteiger charge is -2.20. The van der Waals surface area contributed by atoms with Crippen LogP contribution in [-0.4, -0.2) is 76.4 Å². The molecule has 20 heteroatoms. The average Bonchev–Trinajstić information content (AvgIpc) is 2.66. The molecule has 0 aromatic rings. The second-order valence-corrected chi connectivity index (χ2v) is 6.80. The van der Waals surface area contributed by atoms with Gasteiger partial charge in [0.2, 0.25) is 12.1 Å². The standard InChI is InChI=1S/C12H20N6O14/c19-5-3-11(15(25)26,16(27)28)7-9(13(21)22)1-2-10(14(23)24)8-12(4-6-20,17(29)30)18(31)32/h9-10,19-20H,1-8H2/t9-,10-/m1/s1. The van der Waals surface area contributed by atoms with E-state index in [0.29, 0.717) is 0 Å². The van der Waals surface area contributed by atoms with Gasteiger partial charge in [-0.1, -0.05) is 0 Å². The Hall–Kier alpha value is -3.68. The van der Waals surface area contributed by atoms with Crippen molar-refractivity contribution in [2.75, 3.05) is 13.2 Å². The summed E-state index contributed by atoms with van der Waals surface area (Å²) in [6.07, 6.45) is -6.76. The van der Waals surface area contributed by atoms with Gasteiger partial charge in [0.1, 0.15) is 12.8 Å². The summed E-state index contributed by atoms with van der Waals surface area (Å²) in [7, 11) is 0. The van der Waals surface area contributed by atoms with E-state index in [-0.39, 0.29) is 0 Å². The van der Waals surface area contributed by atoms with Gasteiger partial charge in [-0.2, -0.15) is 0 Å². The van der Waals surface area contributed by atoms with Gasteiger partial charge in [-0.3, -0.25) is 60.7 Å². The van der Waals surface area contributed by atoms with E-state index in [4.69, 9.17) is 10.2 Å². The van der Waals surface area contributed by atoms with Gasteiger partial charge in [0.25, 0.3) is 0 Å². The molecule has 0 aromatic carbocycles. The highest BCUT2D eigenvalue weighted by Gasteiger charge is 2.61. The number of aliphatic hydroxyl groups is 2. The molecule has 0 unspecified atom stereocenters. The number of hydrogen-bond donors (Lipinski definition) is 2. The van der Waals surface area contributed by atoms with Gasteiger partial charge in [0.15, 0.2) is 12.8 Å². The van der Waals surface area contributed by atoms with E-state index in [9.17, 15) is 60.7 Å². The summed E-state index contributed by atoms with van der Waals surface area (Å²) in [6.45, 7) is -2.14. The molecule has 0 aliphatic carbocycles. The van der Waals surface area contributed by atoms with Crippen LogP contribution in [-0.2, 0) is 0 Å². The predicted octanol–water partition coefficient (Wildman–Crippen LogP) is -0.898. The van der Waals surface area contributed by atoms with E-state index in [2.05, 4.69) is 0 Å². The number of hydrogen-bond acceptors (Lipinski definition) is 14. The maximum atomic E-state index is 11.3. The highest BCUT2D eigenvalue weighted by molar-refractivity contribution is 4.77. The number of nitro groups is 6. The van der Waals surface area contributed by atoms with Crippen molar-refractivity contribution < 1.29 is 39.8 Å². The molecule has 2 atom stereocenters. The van der Waals surface area contributed by atoms with Crippen molar-refractivity contribution >= 4 is 0 Å². The maximum Gasteiger partial charge on any atom is 0.467 e. The van der Waals surface area contributed by atoms with Crippen LogP contribution in [0.2, 0.25) is 0 Å². The predicted molar refractivity (Wildman–Crippen MR) is 96.9 cm³/mol. The fraction of sp³-hybridized carbons (Fsp3) is 1.00. The maximum absolute atomic E-state index is 11.3. The molecule has 0 fully saturated rings. The Labute approximate surface area is 176 Å². The lowest BCUT2D eigenvalue weighted by Crippen LogP contribution is -2.51. The highest BCUT2D eigenvalue weighted by Crippen LogP contribution is 2.29. The van der Waals surface area contributed by atoms with E-state index in [0.717, 1.165) is 0 Å². The minimum Gasteiger partial charge on any atom is -0.396 e. The Balaban J connectivity index is 5.87. The first kappa shape index (κ1) is 28.3. The van der Waals surface area contributed by atoms with Crippen LogP contribution in [0.1, 0.15) is 38.5 Å². The van der Waals surface area contributed by atoms with Gasteiger partial charge in [-0.05, 0) is 0 Å². The van der Waals surface area contributed by atoms with E-state index >= 15 is 0 Å². The molecule has 0 aromatic heterocycles. The summed E-state index contributed by atoms with van der Waals surface area (Å²) >= 11 is 0. The van der Waals surface area contributed by atoms with E-state index in [1.807, 2.05) is 0 Å². The average molecular weight is 472 g/mol.